The average molecular weight is 500 g/mol. The SMILES string of the molecule is COc1cccc(C(C)NCCOc2cc(-c3ccc(C)c(C=CC(=O)O)c3)cc(C(F)(F)F)c2)c1. The van der Waals surface area contributed by atoms with Gasteiger partial charge in [0.15, 0.2) is 0 Å². The molecule has 3 aromatic rings. The van der Waals surface area contributed by atoms with Crippen LogP contribution in [0.3, 0.4) is 0 Å². The van der Waals surface area contributed by atoms with Crippen LogP contribution in [0.25, 0.3) is 17.2 Å². The fourth-order valence-corrected chi connectivity index (χ4v) is 3.65. The summed E-state index contributed by atoms with van der Waals surface area (Å²) >= 11 is 0. The summed E-state index contributed by atoms with van der Waals surface area (Å²) in [6.07, 6.45) is -2.14. The van der Waals surface area contributed by atoms with E-state index >= 15 is 0 Å². The molecule has 0 bridgehead atoms. The van der Waals surface area contributed by atoms with E-state index < -0.39 is 17.7 Å². The normalized spacial score (nSPS) is 12.5. The third-order valence-electron chi connectivity index (χ3n) is 5.67. The van der Waals surface area contributed by atoms with Crippen molar-refractivity contribution in [1.82, 2.24) is 5.32 Å². The first-order valence-corrected chi connectivity index (χ1v) is 11.3. The third-order valence-corrected chi connectivity index (χ3v) is 5.67. The molecule has 0 aliphatic rings. The van der Waals surface area contributed by atoms with Gasteiger partial charge in [-0.25, -0.2) is 4.79 Å². The van der Waals surface area contributed by atoms with Crippen molar-refractivity contribution in [3.8, 4) is 22.6 Å². The van der Waals surface area contributed by atoms with Crippen LogP contribution < -0.4 is 14.8 Å². The number of carboxylic acid groups (broad SMARTS) is 1. The standard InChI is InChI=1S/C28H28F3NO4/c1-18-7-8-22(13-20(18)9-10-27(33)34)23-14-24(28(29,30)31)17-26(16-23)36-12-11-32-19(2)21-5-4-6-25(15-21)35-3/h4-10,13-17,19,32H,11-12H2,1-3H3,(H,33,34). The van der Waals surface area contributed by atoms with Crippen LogP contribution in [-0.4, -0.2) is 31.3 Å². The maximum absolute atomic E-state index is 13.6. The van der Waals surface area contributed by atoms with Gasteiger partial charge in [0, 0.05) is 18.7 Å². The summed E-state index contributed by atoms with van der Waals surface area (Å²) in [7, 11) is 1.60. The summed E-state index contributed by atoms with van der Waals surface area (Å²) in [5.74, 6) is -0.269. The van der Waals surface area contributed by atoms with E-state index in [2.05, 4.69) is 5.32 Å². The number of carboxylic acids is 1. The first kappa shape index (κ1) is 26.8. The minimum Gasteiger partial charge on any atom is -0.497 e. The van der Waals surface area contributed by atoms with E-state index in [9.17, 15) is 18.0 Å². The Labute approximate surface area is 208 Å². The minimum atomic E-state index is -4.55. The van der Waals surface area contributed by atoms with E-state index in [0.29, 0.717) is 23.2 Å². The summed E-state index contributed by atoms with van der Waals surface area (Å²) < 4.78 is 51.7. The number of alkyl halides is 3. The zero-order valence-electron chi connectivity index (χ0n) is 20.2. The number of aliphatic carboxylic acids is 1. The summed E-state index contributed by atoms with van der Waals surface area (Å²) in [6.45, 7) is 4.35. The Morgan fingerprint density at radius 2 is 1.83 bits per heavy atom. The lowest BCUT2D eigenvalue weighted by atomic mass is 9.97. The molecule has 0 radical (unpaired) electrons. The predicted molar refractivity (Wildman–Crippen MR) is 133 cm³/mol. The quantitative estimate of drug-likeness (QED) is 0.246. The molecule has 190 valence electrons. The molecule has 0 aromatic heterocycles. The number of benzene rings is 3. The van der Waals surface area contributed by atoms with Crippen LogP contribution in [0.4, 0.5) is 13.2 Å². The Morgan fingerprint density at radius 3 is 2.53 bits per heavy atom. The second kappa shape index (κ2) is 11.8. The summed E-state index contributed by atoms with van der Waals surface area (Å²) in [6, 6.07) is 16.3. The highest BCUT2D eigenvalue weighted by molar-refractivity contribution is 5.86. The molecule has 0 saturated carbocycles. The highest BCUT2D eigenvalue weighted by Gasteiger charge is 2.31. The molecule has 36 heavy (non-hydrogen) atoms. The Balaban J connectivity index is 1.77. The highest BCUT2D eigenvalue weighted by Crippen LogP contribution is 2.36. The number of methoxy groups -OCH3 is 1. The molecule has 3 rings (SSSR count). The molecule has 0 spiro atoms. The summed E-state index contributed by atoms with van der Waals surface area (Å²) in [4.78, 5) is 10.9. The Hall–Kier alpha value is -3.78. The first-order valence-electron chi connectivity index (χ1n) is 11.3. The van der Waals surface area contributed by atoms with Crippen LogP contribution in [0, 0.1) is 6.92 Å². The average Bonchev–Trinajstić information content (AvgIpc) is 2.85. The maximum Gasteiger partial charge on any atom is 0.416 e. The number of rotatable bonds is 10. The van der Waals surface area contributed by atoms with Gasteiger partial charge in [-0.05, 0) is 84.1 Å². The molecule has 0 heterocycles. The number of hydrogen-bond donors (Lipinski definition) is 2. The second-order valence-corrected chi connectivity index (χ2v) is 8.29. The van der Waals surface area contributed by atoms with Crippen LogP contribution in [-0.2, 0) is 11.0 Å². The lowest BCUT2D eigenvalue weighted by molar-refractivity contribution is -0.137. The number of carbonyl (C=O) groups is 1. The molecule has 0 aliphatic heterocycles. The van der Waals surface area contributed by atoms with E-state index in [1.54, 1.807) is 38.3 Å². The second-order valence-electron chi connectivity index (χ2n) is 8.29. The van der Waals surface area contributed by atoms with Gasteiger partial charge in [-0.2, -0.15) is 13.2 Å². The molecule has 8 heteroatoms. The van der Waals surface area contributed by atoms with Crippen LogP contribution >= 0.6 is 0 Å². The van der Waals surface area contributed by atoms with E-state index in [1.165, 1.54) is 6.08 Å². The number of aryl methyl sites for hydroxylation is 1. The monoisotopic (exact) mass is 499 g/mol. The Kier molecular flexibility index (Phi) is 8.77. The van der Waals surface area contributed by atoms with E-state index in [0.717, 1.165) is 35.1 Å². The molecule has 0 amide bonds. The summed E-state index contributed by atoms with van der Waals surface area (Å²) in [5, 5.41) is 12.2. The lowest BCUT2D eigenvalue weighted by Gasteiger charge is -2.17. The topological polar surface area (TPSA) is 67.8 Å². The van der Waals surface area contributed by atoms with Gasteiger partial charge in [0.1, 0.15) is 18.1 Å². The van der Waals surface area contributed by atoms with Crippen LogP contribution in [0.1, 0.15) is 35.2 Å². The zero-order chi connectivity index (χ0) is 26.3. The molecular weight excluding hydrogens is 471 g/mol. The van der Waals surface area contributed by atoms with Gasteiger partial charge >= 0.3 is 12.1 Å². The smallest absolute Gasteiger partial charge is 0.416 e. The lowest BCUT2D eigenvalue weighted by Crippen LogP contribution is -2.24. The van der Waals surface area contributed by atoms with Crippen molar-refractivity contribution in [2.24, 2.45) is 0 Å². The molecule has 0 aliphatic carbocycles. The van der Waals surface area contributed by atoms with E-state index in [1.807, 2.05) is 31.2 Å². The van der Waals surface area contributed by atoms with Gasteiger partial charge < -0.3 is 19.9 Å². The minimum absolute atomic E-state index is 0.00870. The highest BCUT2D eigenvalue weighted by atomic mass is 19.4. The molecule has 0 fully saturated rings. The number of hydrogen-bond acceptors (Lipinski definition) is 4. The molecule has 1 unspecified atom stereocenters. The fraction of sp³-hybridized carbons (Fsp3) is 0.250. The van der Waals surface area contributed by atoms with Crippen LogP contribution in [0.15, 0.2) is 66.7 Å². The van der Waals surface area contributed by atoms with Gasteiger partial charge in [-0.1, -0.05) is 24.3 Å². The van der Waals surface area contributed by atoms with Crippen molar-refractivity contribution in [3.05, 3.63) is 89.0 Å². The molecule has 1 atom stereocenters. The largest absolute Gasteiger partial charge is 0.497 e. The van der Waals surface area contributed by atoms with Gasteiger partial charge in [0.25, 0.3) is 0 Å². The molecular formula is C28H28F3NO4. The number of halogens is 3. The van der Waals surface area contributed by atoms with Gasteiger partial charge in [-0.15, -0.1) is 0 Å². The molecule has 5 nitrogen and oxygen atoms in total. The zero-order valence-corrected chi connectivity index (χ0v) is 20.2. The van der Waals surface area contributed by atoms with Crippen molar-refractivity contribution in [1.29, 1.82) is 0 Å². The number of ether oxygens (including phenoxy) is 2. The number of nitrogens with one attached hydrogen (secondary N) is 1. The first-order chi connectivity index (χ1) is 17.1. The van der Waals surface area contributed by atoms with E-state index in [-0.39, 0.29) is 18.4 Å². The van der Waals surface area contributed by atoms with Crippen molar-refractivity contribution in [3.63, 3.8) is 0 Å². The Morgan fingerprint density at radius 1 is 1.06 bits per heavy atom. The van der Waals surface area contributed by atoms with Crippen LogP contribution in [0.5, 0.6) is 11.5 Å². The van der Waals surface area contributed by atoms with Gasteiger partial charge in [-0.3, -0.25) is 0 Å². The van der Waals surface area contributed by atoms with Crippen molar-refractivity contribution >= 4 is 12.0 Å². The molecule has 0 saturated heterocycles. The third kappa shape index (κ3) is 7.36. The van der Waals surface area contributed by atoms with Gasteiger partial charge in [0.2, 0.25) is 0 Å². The van der Waals surface area contributed by atoms with Crippen molar-refractivity contribution in [2.75, 3.05) is 20.3 Å². The fourth-order valence-electron chi connectivity index (χ4n) is 3.65. The van der Waals surface area contributed by atoms with Crippen LogP contribution in [0.2, 0.25) is 0 Å². The predicted octanol–water partition coefficient (Wildman–Crippen LogP) is 6.52. The maximum atomic E-state index is 13.6. The summed E-state index contributed by atoms with van der Waals surface area (Å²) in [5.41, 5.74) is 2.44. The molecule has 2 N–H and O–H groups in total. The van der Waals surface area contributed by atoms with Crippen molar-refractivity contribution in [2.45, 2.75) is 26.1 Å². The van der Waals surface area contributed by atoms with Gasteiger partial charge in [0.05, 0.1) is 12.7 Å². The Bertz CT molecular complexity index is 1240. The van der Waals surface area contributed by atoms with E-state index in [4.69, 9.17) is 14.6 Å². The van der Waals surface area contributed by atoms with Crippen molar-refractivity contribution < 1.29 is 32.5 Å². The molecule has 3 aromatic carbocycles.